The minimum absolute atomic E-state index is 0.0202. The van der Waals surface area contributed by atoms with Gasteiger partial charge in [-0.2, -0.15) is 22.8 Å². The van der Waals surface area contributed by atoms with E-state index in [0.717, 1.165) is 43.9 Å². The minimum Gasteiger partial charge on any atom is -0.428 e. The normalized spacial score (nSPS) is 14.2. The van der Waals surface area contributed by atoms with E-state index in [1.54, 1.807) is 6.07 Å². The fraction of sp³-hybridized carbons (Fsp3) is 0.364. The van der Waals surface area contributed by atoms with Crippen molar-refractivity contribution in [3.8, 4) is 22.9 Å². The summed E-state index contributed by atoms with van der Waals surface area (Å²) in [5.41, 5.74) is -0.822. The van der Waals surface area contributed by atoms with Crippen LogP contribution in [0.5, 0.6) is 5.75 Å². The molecule has 1 aliphatic rings. The fourth-order valence-corrected chi connectivity index (χ4v) is 3.66. The lowest BCUT2D eigenvalue weighted by atomic mass is 9.94. The Labute approximate surface area is 185 Å². The molecular formula is C22H19F6N3O2. The van der Waals surface area contributed by atoms with Crippen molar-refractivity contribution in [2.24, 2.45) is 0 Å². The molecule has 2 N–H and O–H groups in total. The van der Waals surface area contributed by atoms with Crippen LogP contribution in [0.15, 0.2) is 30.3 Å². The van der Waals surface area contributed by atoms with E-state index in [4.69, 9.17) is 0 Å². The number of hydrogen-bond acceptors (Lipinski definition) is 3. The number of nitriles is 1. The van der Waals surface area contributed by atoms with Gasteiger partial charge >= 0.3 is 18.6 Å². The largest absolute Gasteiger partial charge is 0.461 e. The molecule has 0 spiro atoms. The summed E-state index contributed by atoms with van der Waals surface area (Å²) in [6.07, 6.45) is -5.41. The predicted octanol–water partition coefficient (Wildman–Crippen LogP) is 5.48. The van der Waals surface area contributed by atoms with Crippen molar-refractivity contribution >= 4 is 6.03 Å². The molecule has 0 radical (unpaired) electrons. The number of carbonyl (C=O) groups is 1. The van der Waals surface area contributed by atoms with Crippen molar-refractivity contribution < 1.29 is 35.9 Å². The molecule has 1 fully saturated rings. The van der Waals surface area contributed by atoms with Crippen LogP contribution in [0.25, 0.3) is 11.1 Å². The second-order valence-electron chi connectivity index (χ2n) is 7.52. The number of amides is 2. The average Bonchev–Trinajstić information content (AvgIpc) is 3.24. The quantitative estimate of drug-likeness (QED) is 0.525. The number of carbonyl (C=O) groups excluding carboxylic acids is 1. The molecule has 5 nitrogen and oxygen atoms in total. The van der Waals surface area contributed by atoms with Crippen molar-refractivity contribution in [1.82, 2.24) is 10.6 Å². The Morgan fingerprint density at radius 2 is 1.88 bits per heavy atom. The molecular weight excluding hydrogens is 452 g/mol. The standard InChI is InChI=1S/C22H19F6N3O2/c23-14-7-13(8-16(9-14)33-22(27,28)20(25)26)19-12(5-6-18(24)17(19)10-29)11-30-21(32)31-15-3-1-2-4-15/h5-9,15,20H,1-4,11H2,(H2,30,31,32). The van der Waals surface area contributed by atoms with E-state index < -0.39 is 41.5 Å². The smallest absolute Gasteiger partial charge is 0.428 e. The third kappa shape index (κ3) is 5.88. The van der Waals surface area contributed by atoms with Crippen LogP contribution in [0.3, 0.4) is 0 Å². The first-order valence-electron chi connectivity index (χ1n) is 10.0. The Bertz CT molecular complexity index is 1060. The number of nitrogens with one attached hydrogen (secondary N) is 2. The molecule has 0 heterocycles. The molecule has 2 aromatic carbocycles. The number of nitrogens with zero attached hydrogens (tertiary/aromatic N) is 1. The summed E-state index contributed by atoms with van der Waals surface area (Å²) < 4.78 is 83.9. The van der Waals surface area contributed by atoms with Crippen molar-refractivity contribution in [2.75, 3.05) is 0 Å². The van der Waals surface area contributed by atoms with Crippen LogP contribution in [0.2, 0.25) is 0 Å². The van der Waals surface area contributed by atoms with Crippen molar-refractivity contribution in [1.29, 1.82) is 5.26 Å². The second-order valence-corrected chi connectivity index (χ2v) is 7.52. The van der Waals surface area contributed by atoms with Gasteiger partial charge < -0.3 is 15.4 Å². The van der Waals surface area contributed by atoms with Gasteiger partial charge in [0.25, 0.3) is 0 Å². The fourth-order valence-electron chi connectivity index (χ4n) is 3.66. The lowest BCUT2D eigenvalue weighted by Gasteiger charge is -2.19. The Morgan fingerprint density at radius 1 is 1.18 bits per heavy atom. The van der Waals surface area contributed by atoms with Gasteiger partial charge in [-0.15, -0.1) is 0 Å². The molecule has 1 aliphatic carbocycles. The zero-order valence-electron chi connectivity index (χ0n) is 17.1. The van der Waals surface area contributed by atoms with Crippen LogP contribution >= 0.6 is 0 Å². The number of rotatable bonds is 7. The minimum atomic E-state index is -4.90. The highest BCUT2D eigenvalue weighted by atomic mass is 19.3. The summed E-state index contributed by atoms with van der Waals surface area (Å²) in [6.45, 7) is -0.206. The summed E-state index contributed by atoms with van der Waals surface area (Å²) in [4.78, 5) is 12.2. The molecule has 0 aliphatic heterocycles. The zero-order chi connectivity index (χ0) is 24.2. The maximum atomic E-state index is 14.3. The van der Waals surface area contributed by atoms with Crippen LogP contribution < -0.4 is 15.4 Å². The van der Waals surface area contributed by atoms with Crippen LogP contribution in [-0.2, 0) is 6.54 Å². The molecule has 3 rings (SSSR count). The van der Waals surface area contributed by atoms with E-state index in [9.17, 15) is 36.4 Å². The number of urea groups is 1. The molecule has 2 amide bonds. The second kappa shape index (κ2) is 10.0. The van der Waals surface area contributed by atoms with Crippen LogP contribution in [0.1, 0.15) is 36.8 Å². The number of halogens is 6. The van der Waals surface area contributed by atoms with Crippen LogP contribution in [0, 0.1) is 23.0 Å². The number of ether oxygens (including phenoxy) is 1. The molecule has 1 saturated carbocycles. The first-order valence-corrected chi connectivity index (χ1v) is 10.0. The average molecular weight is 471 g/mol. The Balaban J connectivity index is 1.93. The lowest BCUT2D eigenvalue weighted by Crippen LogP contribution is -2.40. The summed E-state index contributed by atoms with van der Waals surface area (Å²) in [6, 6.07) is 5.40. The van der Waals surface area contributed by atoms with Gasteiger partial charge in [-0.05, 0) is 42.2 Å². The van der Waals surface area contributed by atoms with Crippen molar-refractivity contribution in [3.05, 3.63) is 53.1 Å². The Kier molecular flexibility index (Phi) is 7.36. The van der Waals surface area contributed by atoms with E-state index in [1.165, 1.54) is 6.07 Å². The van der Waals surface area contributed by atoms with Gasteiger partial charge in [-0.1, -0.05) is 18.9 Å². The first-order chi connectivity index (χ1) is 15.6. The first kappa shape index (κ1) is 24.2. The van der Waals surface area contributed by atoms with Gasteiger partial charge in [0, 0.05) is 24.2 Å². The van der Waals surface area contributed by atoms with Gasteiger partial charge in [0.1, 0.15) is 23.5 Å². The summed E-state index contributed by atoms with van der Waals surface area (Å²) >= 11 is 0. The molecule has 0 saturated heterocycles. The highest BCUT2D eigenvalue weighted by Gasteiger charge is 2.44. The number of benzene rings is 2. The highest BCUT2D eigenvalue weighted by molar-refractivity contribution is 5.77. The van der Waals surface area contributed by atoms with Crippen LogP contribution in [0.4, 0.5) is 31.1 Å². The summed E-state index contributed by atoms with van der Waals surface area (Å²) in [5, 5.41) is 14.8. The highest BCUT2D eigenvalue weighted by Crippen LogP contribution is 2.35. The van der Waals surface area contributed by atoms with E-state index in [1.807, 2.05) is 0 Å². The summed E-state index contributed by atoms with van der Waals surface area (Å²) in [5.74, 6) is -3.06. The monoisotopic (exact) mass is 471 g/mol. The SMILES string of the molecule is N#Cc1c(F)ccc(CNC(=O)NC2CCCC2)c1-c1cc(F)cc(OC(F)(F)C(F)F)c1. The van der Waals surface area contributed by atoms with Crippen molar-refractivity contribution in [2.45, 2.75) is 50.8 Å². The van der Waals surface area contributed by atoms with Gasteiger partial charge in [0.05, 0.1) is 5.56 Å². The Morgan fingerprint density at radius 3 is 2.52 bits per heavy atom. The molecule has 176 valence electrons. The van der Waals surface area contributed by atoms with E-state index in [-0.39, 0.29) is 29.3 Å². The van der Waals surface area contributed by atoms with E-state index in [0.29, 0.717) is 6.07 Å². The maximum absolute atomic E-state index is 14.3. The topological polar surface area (TPSA) is 74.2 Å². The maximum Gasteiger partial charge on any atom is 0.461 e. The molecule has 0 atom stereocenters. The lowest BCUT2D eigenvalue weighted by molar-refractivity contribution is -0.253. The molecule has 33 heavy (non-hydrogen) atoms. The molecule has 2 aromatic rings. The van der Waals surface area contributed by atoms with E-state index >= 15 is 0 Å². The predicted molar refractivity (Wildman–Crippen MR) is 106 cm³/mol. The molecule has 11 heteroatoms. The van der Waals surface area contributed by atoms with Gasteiger partial charge in [-0.3, -0.25) is 0 Å². The molecule has 0 bridgehead atoms. The molecule has 0 unspecified atom stereocenters. The molecule has 0 aromatic heterocycles. The number of hydrogen-bond donors (Lipinski definition) is 2. The van der Waals surface area contributed by atoms with Gasteiger partial charge in [-0.25, -0.2) is 13.6 Å². The summed E-state index contributed by atoms with van der Waals surface area (Å²) in [7, 11) is 0. The third-order valence-corrected chi connectivity index (χ3v) is 5.15. The van der Waals surface area contributed by atoms with Gasteiger partial charge in [0.2, 0.25) is 0 Å². The zero-order valence-corrected chi connectivity index (χ0v) is 17.1. The third-order valence-electron chi connectivity index (χ3n) is 5.15. The van der Waals surface area contributed by atoms with Gasteiger partial charge in [0.15, 0.2) is 0 Å². The van der Waals surface area contributed by atoms with Crippen LogP contribution in [-0.4, -0.2) is 24.6 Å². The van der Waals surface area contributed by atoms with Crippen molar-refractivity contribution in [3.63, 3.8) is 0 Å². The Hall–Kier alpha value is -3.42. The van der Waals surface area contributed by atoms with E-state index in [2.05, 4.69) is 15.4 Å². The number of alkyl halides is 4.